The largest absolute Gasteiger partial charge is 0.368 e. The van der Waals surface area contributed by atoms with Gasteiger partial charge in [-0.05, 0) is 45.9 Å². The van der Waals surface area contributed by atoms with Gasteiger partial charge in [-0.2, -0.15) is 0 Å². The van der Waals surface area contributed by atoms with E-state index in [0.29, 0.717) is 19.0 Å². The minimum atomic E-state index is -0.255. The van der Waals surface area contributed by atoms with Crippen LogP contribution >= 0.6 is 24.0 Å². The minimum absolute atomic E-state index is 0. The van der Waals surface area contributed by atoms with Gasteiger partial charge in [-0.1, -0.05) is 18.2 Å². The second-order valence-corrected chi connectivity index (χ2v) is 7.24. The Hall–Kier alpha value is -2.10. The topological polar surface area (TPSA) is 90.4 Å². The number of hydrogen-bond acceptors (Lipinski definition) is 4. The van der Waals surface area contributed by atoms with E-state index in [1.807, 2.05) is 58.0 Å². The summed E-state index contributed by atoms with van der Waals surface area (Å²) in [7, 11) is 0. The first kappa shape index (κ1) is 23.9. The lowest BCUT2D eigenvalue weighted by atomic mass is 10.1. The molecule has 0 aliphatic heterocycles. The van der Waals surface area contributed by atoms with E-state index < -0.39 is 0 Å². The van der Waals surface area contributed by atoms with Crippen LogP contribution < -0.4 is 21.3 Å². The number of rotatable bonds is 7. The van der Waals surface area contributed by atoms with Crippen LogP contribution in [0.15, 0.2) is 41.4 Å². The summed E-state index contributed by atoms with van der Waals surface area (Å²) in [6, 6.07) is 12.1. The number of amides is 1. The maximum atomic E-state index is 11.9. The van der Waals surface area contributed by atoms with Gasteiger partial charge in [0.05, 0.1) is 5.52 Å². The van der Waals surface area contributed by atoms with Gasteiger partial charge < -0.3 is 21.3 Å². The van der Waals surface area contributed by atoms with Crippen LogP contribution in [0.25, 0.3) is 10.9 Å². The van der Waals surface area contributed by atoms with Gasteiger partial charge in [0.2, 0.25) is 5.91 Å². The van der Waals surface area contributed by atoms with Crippen molar-refractivity contribution in [1.29, 1.82) is 0 Å². The number of carbonyl (C=O) groups excluding carboxylic acids is 1. The molecule has 1 aromatic heterocycles. The van der Waals surface area contributed by atoms with Crippen molar-refractivity contribution in [2.75, 3.05) is 31.5 Å². The summed E-state index contributed by atoms with van der Waals surface area (Å²) in [5.74, 6) is 1.36. The number of aliphatic imine (C=N–C) groups is 1. The average Bonchev–Trinajstić information content (AvgIpc) is 2.61. The monoisotopic (exact) mass is 498 g/mol. The van der Waals surface area contributed by atoms with Crippen molar-refractivity contribution in [2.45, 2.75) is 33.2 Å². The Labute approximate surface area is 184 Å². The quantitative estimate of drug-likeness (QED) is 0.204. The molecule has 0 aliphatic rings. The van der Waals surface area contributed by atoms with Crippen molar-refractivity contribution in [3.8, 4) is 0 Å². The van der Waals surface area contributed by atoms with E-state index in [-0.39, 0.29) is 42.0 Å². The fourth-order valence-electron chi connectivity index (χ4n) is 2.49. The SMILES string of the molecule is CCNC(=NCC(=O)NC(C)(C)C)NCCNc1ccc2ccccc2n1.I. The van der Waals surface area contributed by atoms with Crippen molar-refractivity contribution in [3.63, 3.8) is 0 Å². The first-order valence-electron chi connectivity index (χ1n) is 9.30. The molecule has 2 rings (SSSR count). The zero-order valence-corrected chi connectivity index (χ0v) is 19.3. The van der Waals surface area contributed by atoms with Gasteiger partial charge in [0.1, 0.15) is 12.4 Å². The Kier molecular flexibility index (Phi) is 9.98. The Bertz CT molecular complexity index is 788. The van der Waals surface area contributed by atoms with Crippen molar-refractivity contribution in [1.82, 2.24) is 20.9 Å². The van der Waals surface area contributed by atoms with E-state index in [1.54, 1.807) is 0 Å². The molecule has 1 amide bonds. The van der Waals surface area contributed by atoms with Gasteiger partial charge >= 0.3 is 0 Å². The highest BCUT2D eigenvalue weighted by Crippen LogP contribution is 2.14. The molecule has 154 valence electrons. The second-order valence-electron chi connectivity index (χ2n) is 7.24. The lowest BCUT2D eigenvalue weighted by molar-refractivity contribution is -0.121. The molecule has 0 unspecified atom stereocenters. The number of aromatic nitrogens is 1. The van der Waals surface area contributed by atoms with Gasteiger partial charge in [0.25, 0.3) is 0 Å². The van der Waals surface area contributed by atoms with Crippen LogP contribution in [0.2, 0.25) is 0 Å². The second kappa shape index (κ2) is 11.7. The van der Waals surface area contributed by atoms with E-state index in [0.717, 1.165) is 23.3 Å². The number of guanidine groups is 1. The fourth-order valence-corrected chi connectivity index (χ4v) is 2.49. The molecule has 28 heavy (non-hydrogen) atoms. The average molecular weight is 498 g/mol. The fraction of sp³-hybridized carbons (Fsp3) is 0.450. The summed E-state index contributed by atoms with van der Waals surface area (Å²) in [4.78, 5) is 20.8. The number of fused-ring (bicyclic) bond motifs is 1. The number of carbonyl (C=O) groups is 1. The summed E-state index contributed by atoms with van der Waals surface area (Å²) in [5, 5.41) is 13.7. The predicted octanol–water partition coefficient (Wildman–Crippen LogP) is 2.73. The van der Waals surface area contributed by atoms with Crippen LogP contribution in [0.3, 0.4) is 0 Å². The number of hydrogen-bond donors (Lipinski definition) is 4. The normalized spacial score (nSPS) is 11.5. The Morgan fingerprint density at radius 1 is 1.07 bits per heavy atom. The number of para-hydroxylation sites is 1. The van der Waals surface area contributed by atoms with Crippen LogP contribution in [-0.4, -0.2) is 48.6 Å². The standard InChI is InChI=1S/C20H30N6O.HI/c1-5-21-19(24-14-18(27)26-20(2,3)4)23-13-12-22-17-11-10-15-8-6-7-9-16(15)25-17;/h6-11H,5,12-14H2,1-4H3,(H,22,25)(H,26,27)(H2,21,23,24);1H. The first-order valence-corrected chi connectivity index (χ1v) is 9.30. The maximum absolute atomic E-state index is 11.9. The molecule has 0 atom stereocenters. The molecule has 0 radical (unpaired) electrons. The van der Waals surface area contributed by atoms with E-state index >= 15 is 0 Å². The predicted molar refractivity (Wildman–Crippen MR) is 128 cm³/mol. The minimum Gasteiger partial charge on any atom is -0.368 e. The molecule has 1 heterocycles. The Morgan fingerprint density at radius 3 is 2.54 bits per heavy atom. The van der Waals surface area contributed by atoms with Crippen LogP contribution in [0, 0.1) is 0 Å². The third-order valence-corrected chi connectivity index (χ3v) is 3.56. The van der Waals surface area contributed by atoms with Gasteiger partial charge in [-0.3, -0.25) is 4.79 Å². The third kappa shape index (κ3) is 8.73. The molecule has 0 spiro atoms. The van der Waals surface area contributed by atoms with E-state index in [9.17, 15) is 4.79 Å². The zero-order chi connectivity index (χ0) is 19.7. The van der Waals surface area contributed by atoms with Crippen molar-refractivity contribution >= 4 is 52.6 Å². The molecular weight excluding hydrogens is 467 g/mol. The van der Waals surface area contributed by atoms with Crippen LogP contribution in [0.1, 0.15) is 27.7 Å². The summed E-state index contributed by atoms with van der Waals surface area (Å²) >= 11 is 0. The number of benzene rings is 1. The molecule has 0 saturated carbocycles. The summed E-state index contributed by atoms with van der Waals surface area (Å²) in [6.07, 6.45) is 0. The maximum Gasteiger partial charge on any atom is 0.242 e. The van der Waals surface area contributed by atoms with E-state index in [2.05, 4.69) is 37.3 Å². The number of nitrogens with one attached hydrogen (secondary N) is 4. The Morgan fingerprint density at radius 2 is 1.82 bits per heavy atom. The van der Waals surface area contributed by atoms with Crippen LogP contribution in [0.5, 0.6) is 0 Å². The van der Waals surface area contributed by atoms with Crippen LogP contribution in [0.4, 0.5) is 5.82 Å². The van der Waals surface area contributed by atoms with Crippen LogP contribution in [-0.2, 0) is 4.79 Å². The van der Waals surface area contributed by atoms with Gasteiger partial charge in [0.15, 0.2) is 5.96 Å². The highest BCUT2D eigenvalue weighted by atomic mass is 127. The first-order chi connectivity index (χ1) is 12.9. The van der Waals surface area contributed by atoms with Gasteiger partial charge in [0, 0.05) is 30.6 Å². The van der Waals surface area contributed by atoms with Crippen molar-refractivity contribution < 1.29 is 4.79 Å². The lowest BCUT2D eigenvalue weighted by Crippen LogP contribution is -2.43. The molecule has 7 nitrogen and oxygen atoms in total. The molecule has 0 aliphatic carbocycles. The summed E-state index contributed by atoms with van der Waals surface area (Å²) < 4.78 is 0. The highest BCUT2D eigenvalue weighted by molar-refractivity contribution is 14.0. The third-order valence-electron chi connectivity index (χ3n) is 3.56. The Balaban J connectivity index is 0.00000392. The molecule has 4 N–H and O–H groups in total. The number of anilines is 1. The molecular formula is C20H31IN6O. The summed E-state index contributed by atoms with van der Waals surface area (Å²) in [6.45, 7) is 9.99. The number of nitrogens with zero attached hydrogens (tertiary/aromatic N) is 2. The smallest absolute Gasteiger partial charge is 0.242 e. The van der Waals surface area contributed by atoms with E-state index in [1.165, 1.54) is 0 Å². The summed E-state index contributed by atoms with van der Waals surface area (Å²) in [5.41, 5.74) is 0.713. The van der Waals surface area contributed by atoms with Crippen molar-refractivity contribution in [2.24, 2.45) is 4.99 Å². The number of halogens is 1. The molecule has 0 bridgehead atoms. The van der Waals surface area contributed by atoms with Gasteiger partial charge in [-0.15, -0.1) is 24.0 Å². The van der Waals surface area contributed by atoms with E-state index in [4.69, 9.17) is 0 Å². The molecule has 0 fully saturated rings. The lowest BCUT2D eigenvalue weighted by Gasteiger charge is -2.20. The molecule has 1 aromatic carbocycles. The zero-order valence-electron chi connectivity index (χ0n) is 17.0. The van der Waals surface area contributed by atoms with Gasteiger partial charge in [-0.25, -0.2) is 9.98 Å². The molecule has 0 saturated heterocycles. The van der Waals surface area contributed by atoms with Crippen molar-refractivity contribution in [3.05, 3.63) is 36.4 Å². The highest BCUT2D eigenvalue weighted by Gasteiger charge is 2.13. The molecule has 2 aromatic rings. The number of pyridine rings is 1. The molecule has 8 heteroatoms.